The third-order valence-corrected chi connectivity index (χ3v) is 2.50. The first kappa shape index (κ1) is 11.4. The summed E-state index contributed by atoms with van der Waals surface area (Å²) in [4.78, 5) is 11.2. The number of carbonyl (C=O) groups excluding carboxylic acids is 1. The second-order valence-electron chi connectivity index (χ2n) is 4.00. The average molecular weight is 226 g/mol. The highest BCUT2D eigenvalue weighted by molar-refractivity contribution is 5.94. The molecule has 0 fully saturated rings. The molecular formula is C15H14O2. The summed E-state index contributed by atoms with van der Waals surface area (Å²) >= 11 is 0. The first-order valence-corrected chi connectivity index (χ1v) is 5.51. The van der Waals surface area contributed by atoms with Crippen LogP contribution in [0.3, 0.4) is 0 Å². The predicted molar refractivity (Wildman–Crippen MR) is 67.7 cm³/mol. The van der Waals surface area contributed by atoms with E-state index in [1.807, 2.05) is 43.3 Å². The molecule has 2 aromatic carbocycles. The first-order chi connectivity index (χ1) is 8.15. The lowest BCUT2D eigenvalue weighted by Crippen LogP contribution is -1.92. The van der Waals surface area contributed by atoms with E-state index in [2.05, 4.69) is 0 Å². The lowest BCUT2D eigenvalue weighted by molar-refractivity contribution is 0.101. The van der Waals surface area contributed by atoms with Crippen LogP contribution in [-0.4, -0.2) is 5.78 Å². The Hall–Kier alpha value is -2.09. The van der Waals surface area contributed by atoms with Crippen molar-refractivity contribution in [2.24, 2.45) is 0 Å². The van der Waals surface area contributed by atoms with Gasteiger partial charge in [0.1, 0.15) is 11.5 Å². The Morgan fingerprint density at radius 2 is 1.71 bits per heavy atom. The summed E-state index contributed by atoms with van der Waals surface area (Å²) in [6, 6.07) is 15.0. The Morgan fingerprint density at radius 1 is 1.00 bits per heavy atom. The van der Waals surface area contributed by atoms with Crippen LogP contribution in [0.25, 0.3) is 0 Å². The third-order valence-electron chi connectivity index (χ3n) is 2.50. The standard InChI is InChI=1S/C15H14O2/c1-11-6-8-14(9-7-11)17-15-5-3-4-13(10-15)12(2)16/h3-10H,1-2H3. The van der Waals surface area contributed by atoms with Crippen molar-refractivity contribution in [1.29, 1.82) is 0 Å². The number of aryl methyl sites for hydroxylation is 1. The molecule has 0 N–H and O–H groups in total. The maximum atomic E-state index is 11.2. The van der Waals surface area contributed by atoms with E-state index in [0.29, 0.717) is 11.3 Å². The van der Waals surface area contributed by atoms with Crippen LogP contribution in [0.4, 0.5) is 0 Å². The third kappa shape index (κ3) is 2.94. The number of carbonyl (C=O) groups is 1. The highest BCUT2D eigenvalue weighted by Gasteiger charge is 2.02. The van der Waals surface area contributed by atoms with Crippen molar-refractivity contribution < 1.29 is 9.53 Å². The molecule has 0 atom stereocenters. The van der Waals surface area contributed by atoms with Gasteiger partial charge < -0.3 is 4.74 Å². The lowest BCUT2D eigenvalue weighted by atomic mass is 10.1. The van der Waals surface area contributed by atoms with Gasteiger partial charge in [-0.05, 0) is 38.1 Å². The first-order valence-electron chi connectivity index (χ1n) is 5.51. The summed E-state index contributed by atoms with van der Waals surface area (Å²) < 4.78 is 5.67. The summed E-state index contributed by atoms with van der Waals surface area (Å²) in [5.41, 5.74) is 1.85. The molecule has 17 heavy (non-hydrogen) atoms. The van der Waals surface area contributed by atoms with Crippen molar-refractivity contribution in [2.45, 2.75) is 13.8 Å². The van der Waals surface area contributed by atoms with Crippen molar-refractivity contribution in [1.82, 2.24) is 0 Å². The van der Waals surface area contributed by atoms with E-state index in [1.165, 1.54) is 5.56 Å². The van der Waals surface area contributed by atoms with Gasteiger partial charge in [-0.15, -0.1) is 0 Å². The fraction of sp³-hybridized carbons (Fsp3) is 0.133. The summed E-state index contributed by atoms with van der Waals surface area (Å²) in [6.45, 7) is 3.57. The van der Waals surface area contributed by atoms with Gasteiger partial charge >= 0.3 is 0 Å². The number of hydrogen-bond acceptors (Lipinski definition) is 2. The molecule has 0 heterocycles. The summed E-state index contributed by atoms with van der Waals surface area (Å²) in [7, 11) is 0. The fourth-order valence-corrected chi connectivity index (χ4v) is 1.52. The molecule has 0 aromatic heterocycles. The molecule has 0 aliphatic rings. The fourth-order valence-electron chi connectivity index (χ4n) is 1.52. The van der Waals surface area contributed by atoms with E-state index >= 15 is 0 Å². The predicted octanol–water partition coefficient (Wildman–Crippen LogP) is 3.99. The normalized spacial score (nSPS) is 10.0. The number of ether oxygens (including phenoxy) is 1. The molecule has 2 aromatic rings. The number of ketones is 1. The Morgan fingerprint density at radius 3 is 2.35 bits per heavy atom. The largest absolute Gasteiger partial charge is 0.457 e. The molecule has 2 nitrogen and oxygen atoms in total. The molecule has 86 valence electrons. The van der Waals surface area contributed by atoms with Crippen LogP contribution < -0.4 is 4.74 Å². The number of benzene rings is 2. The smallest absolute Gasteiger partial charge is 0.159 e. The van der Waals surface area contributed by atoms with Crippen molar-refractivity contribution in [3.8, 4) is 11.5 Å². The minimum Gasteiger partial charge on any atom is -0.457 e. The Bertz CT molecular complexity index is 527. The highest BCUT2D eigenvalue weighted by atomic mass is 16.5. The van der Waals surface area contributed by atoms with E-state index < -0.39 is 0 Å². The van der Waals surface area contributed by atoms with E-state index in [9.17, 15) is 4.79 Å². The monoisotopic (exact) mass is 226 g/mol. The molecule has 0 bridgehead atoms. The summed E-state index contributed by atoms with van der Waals surface area (Å²) in [5.74, 6) is 1.50. The van der Waals surface area contributed by atoms with Gasteiger partial charge in [-0.1, -0.05) is 29.8 Å². The van der Waals surface area contributed by atoms with Crippen molar-refractivity contribution in [3.05, 3.63) is 59.7 Å². The molecule has 0 amide bonds. The maximum absolute atomic E-state index is 11.2. The van der Waals surface area contributed by atoms with Crippen LogP contribution >= 0.6 is 0 Å². The van der Waals surface area contributed by atoms with Gasteiger partial charge in [0, 0.05) is 5.56 Å². The minimum atomic E-state index is 0.0411. The minimum absolute atomic E-state index is 0.0411. The summed E-state index contributed by atoms with van der Waals surface area (Å²) in [6.07, 6.45) is 0. The van der Waals surface area contributed by atoms with E-state index in [0.717, 1.165) is 5.75 Å². The highest BCUT2D eigenvalue weighted by Crippen LogP contribution is 2.22. The molecule has 2 heteroatoms. The lowest BCUT2D eigenvalue weighted by Gasteiger charge is -2.06. The molecule has 0 spiro atoms. The second kappa shape index (κ2) is 4.83. The van der Waals surface area contributed by atoms with Gasteiger partial charge in [0.25, 0.3) is 0 Å². The molecule has 0 radical (unpaired) electrons. The summed E-state index contributed by atoms with van der Waals surface area (Å²) in [5, 5.41) is 0. The van der Waals surface area contributed by atoms with Crippen LogP contribution in [-0.2, 0) is 0 Å². The van der Waals surface area contributed by atoms with Crippen molar-refractivity contribution >= 4 is 5.78 Å². The molecule has 0 saturated carbocycles. The molecular weight excluding hydrogens is 212 g/mol. The van der Waals surface area contributed by atoms with E-state index in [4.69, 9.17) is 4.74 Å². The van der Waals surface area contributed by atoms with Gasteiger partial charge in [-0.25, -0.2) is 0 Å². The SMILES string of the molecule is CC(=O)c1cccc(Oc2ccc(C)cc2)c1. The topological polar surface area (TPSA) is 26.3 Å². The van der Waals surface area contributed by atoms with Gasteiger partial charge in [0.05, 0.1) is 0 Å². The van der Waals surface area contributed by atoms with Crippen molar-refractivity contribution in [3.63, 3.8) is 0 Å². The van der Waals surface area contributed by atoms with Crippen LogP contribution in [0.2, 0.25) is 0 Å². The van der Waals surface area contributed by atoms with Crippen molar-refractivity contribution in [2.75, 3.05) is 0 Å². The zero-order valence-corrected chi connectivity index (χ0v) is 9.94. The molecule has 0 aliphatic heterocycles. The number of rotatable bonds is 3. The molecule has 0 unspecified atom stereocenters. The van der Waals surface area contributed by atoms with Crippen LogP contribution in [0.15, 0.2) is 48.5 Å². The van der Waals surface area contributed by atoms with E-state index in [1.54, 1.807) is 19.1 Å². The number of hydrogen-bond donors (Lipinski definition) is 0. The Kier molecular flexibility index (Phi) is 3.24. The van der Waals surface area contributed by atoms with Crippen LogP contribution in [0.1, 0.15) is 22.8 Å². The van der Waals surface area contributed by atoms with Crippen LogP contribution in [0.5, 0.6) is 11.5 Å². The van der Waals surface area contributed by atoms with Gasteiger partial charge in [0.2, 0.25) is 0 Å². The Balaban J connectivity index is 2.21. The second-order valence-corrected chi connectivity index (χ2v) is 4.00. The van der Waals surface area contributed by atoms with Gasteiger partial charge in [-0.2, -0.15) is 0 Å². The average Bonchev–Trinajstić information content (AvgIpc) is 2.32. The van der Waals surface area contributed by atoms with E-state index in [-0.39, 0.29) is 5.78 Å². The zero-order chi connectivity index (χ0) is 12.3. The number of Topliss-reactive ketones (excluding diaryl/α,β-unsaturated/α-hetero) is 1. The molecule has 0 aliphatic carbocycles. The zero-order valence-electron chi connectivity index (χ0n) is 9.94. The maximum Gasteiger partial charge on any atom is 0.159 e. The molecule has 0 saturated heterocycles. The van der Waals surface area contributed by atoms with Gasteiger partial charge in [-0.3, -0.25) is 4.79 Å². The quantitative estimate of drug-likeness (QED) is 0.740. The van der Waals surface area contributed by atoms with Gasteiger partial charge in [0.15, 0.2) is 5.78 Å². The molecule has 2 rings (SSSR count). The van der Waals surface area contributed by atoms with Crippen LogP contribution in [0, 0.1) is 6.92 Å². The Labute approximate surface area is 101 Å².